The fourth-order valence-electron chi connectivity index (χ4n) is 5.41. The second-order valence-electron chi connectivity index (χ2n) is 11.1. The second kappa shape index (κ2) is 17.1. The van der Waals surface area contributed by atoms with Crippen molar-refractivity contribution in [3.8, 4) is 28.3 Å². The van der Waals surface area contributed by atoms with Gasteiger partial charge in [0.15, 0.2) is 5.82 Å². The zero-order chi connectivity index (χ0) is 33.8. The molecule has 0 radical (unpaired) electrons. The van der Waals surface area contributed by atoms with Crippen LogP contribution in [0.1, 0.15) is 35.7 Å². The van der Waals surface area contributed by atoms with E-state index >= 15 is 0 Å². The molecular formula is C34H30N7Na2O6P. The molecule has 0 aliphatic rings. The summed E-state index contributed by atoms with van der Waals surface area (Å²) in [5.41, 5.74) is 4.76. The molecule has 50 heavy (non-hydrogen) atoms. The molecule has 6 rings (SSSR count). The Morgan fingerprint density at radius 1 is 0.940 bits per heavy atom. The number of unbranched alkanes of at least 4 members (excludes halogenated alkanes) is 1. The first kappa shape index (κ1) is 39.3. The van der Waals surface area contributed by atoms with Crippen LogP contribution in [0.3, 0.4) is 0 Å². The zero-order valence-corrected chi connectivity index (χ0v) is 33.0. The molecule has 0 aliphatic carbocycles. The standard InChI is InChI=1S/C34H32N7O6P.2Na/c1-3-4-19-41(33(42)25-13-16-27(17-14-25)47-48(44,45)46)26-15-18-31-30(20-26)34(43)40(22-35-31)21-23-9-11-24(12-10-23)28-7-5-6-8-29(28)32-36-37-38-39(32)2;;/h5-18,20,22H,3-4,19,21H2,1-2H3,(H2,44,45,46);;/q;2*+1/p-2. The number of hydrogen-bond acceptors (Lipinski definition) is 10. The van der Waals surface area contributed by atoms with Crippen molar-refractivity contribution in [1.29, 1.82) is 0 Å². The van der Waals surface area contributed by atoms with Gasteiger partial charge >= 0.3 is 59.1 Å². The number of tetrazole rings is 1. The molecule has 0 N–H and O–H groups in total. The van der Waals surface area contributed by atoms with E-state index in [1.165, 1.54) is 35.2 Å². The van der Waals surface area contributed by atoms with Gasteiger partial charge in [-0.05, 0) is 76.0 Å². The average molecular weight is 710 g/mol. The Bertz CT molecular complexity index is 2210. The van der Waals surface area contributed by atoms with E-state index in [0.29, 0.717) is 35.4 Å². The van der Waals surface area contributed by atoms with Gasteiger partial charge in [-0.15, -0.1) is 5.10 Å². The van der Waals surface area contributed by atoms with E-state index < -0.39 is 7.82 Å². The van der Waals surface area contributed by atoms with Gasteiger partial charge in [0.25, 0.3) is 11.5 Å². The summed E-state index contributed by atoms with van der Waals surface area (Å²) in [6.07, 6.45) is 3.04. The monoisotopic (exact) mass is 709 g/mol. The first-order valence-corrected chi connectivity index (χ1v) is 16.6. The Morgan fingerprint density at radius 2 is 1.64 bits per heavy atom. The molecule has 244 valence electrons. The van der Waals surface area contributed by atoms with E-state index in [0.717, 1.165) is 28.7 Å². The fourth-order valence-corrected chi connectivity index (χ4v) is 5.79. The van der Waals surface area contributed by atoms with Crippen molar-refractivity contribution >= 4 is 30.3 Å². The number of nitrogens with zero attached hydrogens (tertiary/aromatic N) is 7. The number of amides is 1. The van der Waals surface area contributed by atoms with Gasteiger partial charge in [-0.2, -0.15) is 0 Å². The number of hydrogen-bond donors (Lipinski definition) is 0. The molecule has 2 heterocycles. The Kier molecular flexibility index (Phi) is 13.5. The van der Waals surface area contributed by atoms with E-state index in [9.17, 15) is 23.9 Å². The maximum atomic E-state index is 13.7. The minimum atomic E-state index is -5.23. The maximum absolute atomic E-state index is 13.7. The third kappa shape index (κ3) is 9.05. The van der Waals surface area contributed by atoms with Gasteiger partial charge in [-0.1, -0.05) is 61.9 Å². The van der Waals surface area contributed by atoms with Gasteiger partial charge in [0, 0.05) is 30.4 Å². The Labute approximate surface area is 332 Å². The molecule has 6 aromatic rings. The molecule has 0 spiro atoms. The summed E-state index contributed by atoms with van der Waals surface area (Å²) in [5, 5.41) is 12.2. The average Bonchev–Trinajstić information content (AvgIpc) is 3.51. The van der Waals surface area contributed by atoms with Gasteiger partial charge < -0.3 is 23.8 Å². The molecule has 0 saturated heterocycles. The van der Waals surface area contributed by atoms with Crippen LogP contribution in [-0.4, -0.2) is 42.2 Å². The normalized spacial score (nSPS) is 11.0. The van der Waals surface area contributed by atoms with Crippen LogP contribution in [-0.2, 0) is 18.2 Å². The molecule has 4 aromatic carbocycles. The summed E-state index contributed by atoms with van der Waals surface area (Å²) in [7, 11) is -3.44. The summed E-state index contributed by atoms with van der Waals surface area (Å²) < 4.78 is 18.5. The van der Waals surface area contributed by atoms with Crippen molar-refractivity contribution in [2.45, 2.75) is 26.3 Å². The first-order chi connectivity index (χ1) is 23.1. The Morgan fingerprint density at radius 3 is 2.28 bits per heavy atom. The van der Waals surface area contributed by atoms with Gasteiger partial charge in [-0.25, -0.2) is 9.67 Å². The molecule has 0 bridgehead atoms. The van der Waals surface area contributed by atoms with Gasteiger partial charge in [-0.3, -0.25) is 14.2 Å². The minimum Gasteiger partial charge on any atom is -0.780 e. The van der Waals surface area contributed by atoms with Crippen molar-refractivity contribution in [1.82, 2.24) is 29.8 Å². The number of phosphoric ester groups is 1. The molecule has 0 fully saturated rings. The van der Waals surface area contributed by atoms with Crippen LogP contribution in [0.2, 0.25) is 0 Å². The van der Waals surface area contributed by atoms with Crippen molar-refractivity contribution in [2.24, 2.45) is 7.05 Å². The summed E-state index contributed by atoms with van der Waals surface area (Å²) in [4.78, 5) is 55.3. The smallest absolute Gasteiger partial charge is 0.780 e. The summed E-state index contributed by atoms with van der Waals surface area (Å²) in [6, 6.07) is 26.2. The number of rotatable bonds is 11. The molecule has 0 aliphatic heterocycles. The van der Waals surface area contributed by atoms with Crippen molar-refractivity contribution in [3.63, 3.8) is 0 Å². The van der Waals surface area contributed by atoms with E-state index in [2.05, 4.69) is 25.0 Å². The topological polar surface area (TPSA) is 171 Å². The van der Waals surface area contributed by atoms with Gasteiger partial charge in [0.2, 0.25) is 0 Å². The van der Waals surface area contributed by atoms with E-state index in [1.807, 2.05) is 55.5 Å². The molecule has 0 saturated carbocycles. The molecule has 0 atom stereocenters. The van der Waals surface area contributed by atoms with Crippen LogP contribution >= 0.6 is 7.82 Å². The molecule has 13 nitrogen and oxygen atoms in total. The maximum Gasteiger partial charge on any atom is 1.00 e. The predicted molar refractivity (Wildman–Crippen MR) is 176 cm³/mol. The van der Waals surface area contributed by atoms with Crippen LogP contribution in [0.5, 0.6) is 5.75 Å². The fraction of sp³-hybridized carbons (Fsp3) is 0.176. The summed E-state index contributed by atoms with van der Waals surface area (Å²) in [6.45, 7) is 2.67. The zero-order valence-electron chi connectivity index (χ0n) is 28.1. The van der Waals surface area contributed by atoms with Crippen LogP contribution in [0.4, 0.5) is 5.69 Å². The van der Waals surface area contributed by atoms with Crippen molar-refractivity contribution in [2.75, 3.05) is 11.4 Å². The van der Waals surface area contributed by atoms with Crippen LogP contribution in [0.15, 0.2) is 102 Å². The van der Waals surface area contributed by atoms with E-state index in [-0.39, 0.29) is 88.4 Å². The van der Waals surface area contributed by atoms with Crippen LogP contribution in [0, 0.1) is 0 Å². The Hall–Kier alpha value is -3.49. The minimum absolute atomic E-state index is 0. The van der Waals surface area contributed by atoms with Crippen molar-refractivity contribution < 1.29 is 82.8 Å². The third-order valence-corrected chi connectivity index (χ3v) is 8.26. The predicted octanol–water partition coefficient (Wildman–Crippen LogP) is -2.04. The van der Waals surface area contributed by atoms with E-state index in [4.69, 9.17) is 0 Å². The number of carbonyl (C=O) groups excluding carboxylic acids is 1. The molecular weight excluding hydrogens is 679 g/mol. The number of phosphoric acid groups is 1. The third-order valence-electron chi connectivity index (χ3n) is 7.82. The molecule has 0 unspecified atom stereocenters. The first-order valence-electron chi connectivity index (χ1n) is 15.1. The largest absolute Gasteiger partial charge is 1.00 e. The number of aromatic nitrogens is 6. The van der Waals surface area contributed by atoms with Crippen LogP contribution in [0.25, 0.3) is 33.4 Å². The number of benzene rings is 4. The second-order valence-corrected chi connectivity index (χ2v) is 12.2. The Balaban J connectivity index is 0.00000281. The molecule has 1 amide bonds. The molecule has 16 heteroatoms. The van der Waals surface area contributed by atoms with Crippen molar-refractivity contribution in [3.05, 3.63) is 119 Å². The molecule has 2 aromatic heterocycles. The van der Waals surface area contributed by atoms with E-state index in [1.54, 1.807) is 34.8 Å². The number of aryl methyl sites for hydroxylation is 1. The SMILES string of the molecule is CCCCN(C(=O)c1ccc(OP(=O)([O-])[O-])cc1)c1ccc2ncn(Cc3ccc(-c4ccccc4-c4nnnn4C)cc3)c(=O)c2c1.[Na+].[Na+]. The summed E-state index contributed by atoms with van der Waals surface area (Å²) in [5.74, 6) is 0.110. The summed E-state index contributed by atoms with van der Waals surface area (Å²) >= 11 is 0. The van der Waals surface area contributed by atoms with Crippen LogP contribution < -0.4 is 83.9 Å². The number of carbonyl (C=O) groups is 1. The number of anilines is 1. The van der Waals surface area contributed by atoms with Gasteiger partial charge in [0.1, 0.15) is 13.6 Å². The van der Waals surface area contributed by atoms with Gasteiger partial charge in [0.05, 0.1) is 23.8 Å². The number of fused-ring (bicyclic) bond motifs is 1. The quantitative estimate of drug-likeness (QED) is 0.108.